The number of rotatable bonds is 6. The van der Waals surface area contributed by atoms with Crippen LogP contribution in [0.2, 0.25) is 0 Å². The van der Waals surface area contributed by atoms with Gasteiger partial charge in [0.15, 0.2) is 5.78 Å². The van der Waals surface area contributed by atoms with E-state index in [0.29, 0.717) is 20.2 Å². The highest BCUT2D eigenvalue weighted by atomic mass is 32.2. The van der Waals surface area contributed by atoms with Gasteiger partial charge < -0.3 is 5.73 Å². The van der Waals surface area contributed by atoms with Gasteiger partial charge in [0, 0.05) is 11.1 Å². The van der Waals surface area contributed by atoms with Crippen molar-refractivity contribution in [3.8, 4) is 6.07 Å². The Bertz CT molecular complexity index is 990. The van der Waals surface area contributed by atoms with Crippen molar-refractivity contribution in [3.05, 3.63) is 82.2 Å². The summed E-state index contributed by atoms with van der Waals surface area (Å²) < 4.78 is 0.591. The van der Waals surface area contributed by atoms with Crippen LogP contribution >= 0.6 is 23.1 Å². The fourth-order valence-electron chi connectivity index (χ4n) is 2.36. The number of hydrogen-bond acceptors (Lipinski definition) is 6. The molecule has 0 bridgehead atoms. The number of hydrogen-bond donors (Lipinski definition) is 1. The normalized spacial score (nSPS) is 10.3. The van der Waals surface area contributed by atoms with Crippen LogP contribution in [0.1, 0.15) is 31.2 Å². The summed E-state index contributed by atoms with van der Waals surface area (Å²) in [6.07, 6.45) is 0. The molecule has 0 saturated carbocycles. The smallest absolute Gasteiger partial charge is 0.205 e. The second-order valence-electron chi connectivity index (χ2n) is 5.39. The average Bonchev–Trinajstić information content (AvgIpc) is 3.02. The molecule has 26 heavy (non-hydrogen) atoms. The lowest BCUT2D eigenvalue weighted by Crippen LogP contribution is -2.02. The molecule has 1 heterocycles. The number of thiophene rings is 1. The van der Waals surface area contributed by atoms with E-state index in [2.05, 4.69) is 6.07 Å². The first-order chi connectivity index (χ1) is 12.6. The molecule has 3 rings (SSSR count). The van der Waals surface area contributed by atoms with E-state index in [1.807, 2.05) is 12.1 Å². The number of nitriles is 1. The summed E-state index contributed by atoms with van der Waals surface area (Å²) in [5.41, 5.74) is 7.61. The van der Waals surface area contributed by atoms with Gasteiger partial charge in [-0.05, 0) is 0 Å². The Hall–Kier alpha value is -2.88. The average molecular weight is 378 g/mol. The van der Waals surface area contributed by atoms with Gasteiger partial charge in [-0.1, -0.05) is 60.7 Å². The molecular weight excluding hydrogens is 364 g/mol. The van der Waals surface area contributed by atoms with Crippen molar-refractivity contribution in [1.29, 1.82) is 5.26 Å². The zero-order valence-electron chi connectivity index (χ0n) is 13.6. The zero-order valence-corrected chi connectivity index (χ0v) is 15.3. The molecule has 0 amide bonds. The maximum Gasteiger partial charge on any atom is 0.205 e. The fourth-order valence-corrected chi connectivity index (χ4v) is 4.61. The minimum atomic E-state index is -0.217. The number of carbonyl (C=O) groups is 2. The number of nitrogens with zero attached hydrogens (tertiary/aromatic N) is 1. The van der Waals surface area contributed by atoms with Crippen LogP contribution < -0.4 is 5.73 Å². The molecule has 0 radical (unpaired) electrons. The van der Waals surface area contributed by atoms with Gasteiger partial charge in [-0.2, -0.15) is 5.26 Å². The van der Waals surface area contributed by atoms with Crippen LogP contribution in [0.3, 0.4) is 0 Å². The Morgan fingerprint density at radius 2 is 1.58 bits per heavy atom. The Morgan fingerprint density at radius 1 is 1.00 bits per heavy atom. The van der Waals surface area contributed by atoms with Crippen molar-refractivity contribution in [3.63, 3.8) is 0 Å². The van der Waals surface area contributed by atoms with Crippen molar-refractivity contribution in [1.82, 2.24) is 0 Å². The van der Waals surface area contributed by atoms with Crippen LogP contribution in [0.4, 0.5) is 5.69 Å². The summed E-state index contributed by atoms with van der Waals surface area (Å²) >= 11 is 2.40. The molecular formula is C20H14N2O2S2. The van der Waals surface area contributed by atoms with Gasteiger partial charge in [-0.3, -0.25) is 9.59 Å². The maximum atomic E-state index is 12.7. The van der Waals surface area contributed by atoms with Crippen molar-refractivity contribution >= 4 is 40.4 Å². The summed E-state index contributed by atoms with van der Waals surface area (Å²) in [5.74, 6) is -0.0781. The monoisotopic (exact) mass is 378 g/mol. The van der Waals surface area contributed by atoms with E-state index in [0.717, 1.165) is 11.3 Å². The summed E-state index contributed by atoms with van der Waals surface area (Å²) in [4.78, 5) is 25.3. The quantitative estimate of drug-likeness (QED) is 0.507. The number of thioether (sulfide) groups is 1. The lowest BCUT2D eigenvalue weighted by Gasteiger charge is -2.00. The van der Waals surface area contributed by atoms with Gasteiger partial charge in [-0.15, -0.1) is 23.1 Å². The van der Waals surface area contributed by atoms with Crippen molar-refractivity contribution in [2.24, 2.45) is 0 Å². The third-order valence-corrected chi connectivity index (χ3v) is 6.17. The first-order valence-corrected chi connectivity index (χ1v) is 9.55. The Morgan fingerprint density at radius 3 is 2.15 bits per heavy atom. The van der Waals surface area contributed by atoms with Crippen LogP contribution in [0.25, 0.3) is 0 Å². The molecule has 0 unspecified atom stereocenters. The summed E-state index contributed by atoms with van der Waals surface area (Å²) in [5, 5.41) is 9.41. The fraction of sp³-hybridized carbons (Fsp3) is 0.0500. The Labute approximate surface area is 159 Å². The van der Waals surface area contributed by atoms with E-state index in [1.165, 1.54) is 11.8 Å². The number of carbonyl (C=O) groups excluding carboxylic acids is 2. The molecule has 0 aliphatic heterocycles. The predicted molar refractivity (Wildman–Crippen MR) is 105 cm³/mol. The van der Waals surface area contributed by atoms with Crippen molar-refractivity contribution in [2.75, 3.05) is 11.5 Å². The lowest BCUT2D eigenvalue weighted by molar-refractivity contribution is 0.102. The minimum Gasteiger partial charge on any atom is -0.396 e. The molecule has 0 aliphatic rings. The summed E-state index contributed by atoms with van der Waals surface area (Å²) in [7, 11) is 0. The van der Waals surface area contributed by atoms with Crippen LogP contribution in [0.5, 0.6) is 0 Å². The van der Waals surface area contributed by atoms with Gasteiger partial charge in [0.2, 0.25) is 5.78 Å². The molecule has 0 fully saturated rings. The van der Waals surface area contributed by atoms with Crippen LogP contribution in [0.15, 0.2) is 64.9 Å². The minimum absolute atomic E-state index is 0.0394. The van der Waals surface area contributed by atoms with Crippen LogP contribution in [-0.2, 0) is 0 Å². The summed E-state index contributed by atoms with van der Waals surface area (Å²) in [6.45, 7) is 0. The predicted octanol–water partition coefficient (Wildman–Crippen LogP) is 4.41. The summed E-state index contributed by atoms with van der Waals surface area (Å²) in [6, 6.07) is 19.8. The zero-order chi connectivity index (χ0) is 18.5. The number of nitrogen functional groups attached to an aromatic ring is 1. The lowest BCUT2D eigenvalue weighted by atomic mass is 10.1. The molecule has 3 aromatic rings. The van der Waals surface area contributed by atoms with Gasteiger partial charge in [0.1, 0.15) is 16.5 Å². The molecule has 0 atom stereocenters. The largest absolute Gasteiger partial charge is 0.396 e. The highest BCUT2D eigenvalue weighted by molar-refractivity contribution is 8.01. The molecule has 0 saturated heterocycles. The van der Waals surface area contributed by atoms with Gasteiger partial charge in [0.05, 0.1) is 15.6 Å². The number of Topliss-reactive ketones (excluding diaryl/α,β-unsaturated/α-hetero) is 1. The van der Waals surface area contributed by atoms with E-state index in [9.17, 15) is 14.9 Å². The number of ketones is 2. The molecule has 0 aliphatic carbocycles. The van der Waals surface area contributed by atoms with E-state index in [1.54, 1.807) is 48.5 Å². The van der Waals surface area contributed by atoms with Crippen molar-refractivity contribution in [2.45, 2.75) is 4.21 Å². The van der Waals surface area contributed by atoms with Crippen LogP contribution in [0, 0.1) is 11.3 Å². The number of nitrogens with two attached hydrogens (primary N) is 1. The van der Waals surface area contributed by atoms with Crippen molar-refractivity contribution < 1.29 is 9.59 Å². The molecule has 2 aromatic carbocycles. The third kappa shape index (κ3) is 3.69. The van der Waals surface area contributed by atoms with Gasteiger partial charge in [0.25, 0.3) is 0 Å². The molecule has 4 nitrogen and oxygen atoms in total. The SMILES string of the molecule is N#Cc1c(SCC(=O)c2ccccc2)sc(C(=O)c2ccccc2)c1N. The van der Waals surface area contributed by atoms with E-state index < -0.39 is 0 Å². The number of benzene rings is 2. The molecule has 1 aromatic heterocycles. The molecule has 2 N–H and O–H groups in total. The molecule has 128 valence electrons. The van der Waals surface area contributed by atoms with E-state index in [-0.39, 0.29) is 28.6 Å². The van der Waals surface area contributed by atoms with Gasteiger partial charge in [-0.25, -0.2) is 0 Å². The molecule has 6 heteroatoms. The highest BCUT2D eigenvalue weighted by Crippen LogP contribution is 2.39. The third-order valence-electron chi connectivity index (χ3n) is 3.70. The Balaban J connectivity index is 1.84. The second-order valence-corrected chi connectivity index (χ2v) is 7.66. The van der Waals surface area contributed by atoms with E-state index >= 15 is 0 Å². The first kappa shape index (κ1) is 17.9. The number of anilines is 1. The van der Waals surface area contributed by atoms with E-state index in [4.69, 9.17) is 5.73 Å². The highest BCUT2D eigenvalue weighted by Gasteiger charge is 2.22. The Kier molecular flexibility index (Phi) is 5.52. The molecule has 0 spiro atoms. The second kappa shape index (κ2) is 8.00. The topological polar surface area (TPSA) is 84.0 Å². The standard InChI is InChI=1S/C20H14N2O2S2/c21-11-15-17(22)19(18(24)14-9-5-2-6-10-14)26-20(15)25-12-16(23)13-7-3-1-4-8-13/h1-10H,12,22H2. The van der Waals surface area contributed by atoms with Crippen LogP contribution in [-0.4, -0.2) is 17.3 Å². The van der Waals surface area contributed by atoms with Gasteiger partial charge >= 0.3 is 0 Å². The maximum absolute atomic E-state index is 12.7. The first-order valence-electron chi connectivity index (χ1n) is 7.75.